The highest BCUT2D eigenvalue weighted by Gasteiger charge is 2.05. The lowest BCUT2D eigenvalue weighted by Gasteiger charge is -2.14. The molecule has 0 amide bonds. The van der Waals surface area contributed by atoms with Crippen LogP contribution in [0.3, 0.4) is 0 Å². The van der Waals surface area contributed by atoms with Gasteiger partial charge in [0, 0.05) is 29.5 Å². The maximum Gasteiger partial charge on any atom is 0.176 e. The predicted octanol–water partition coefficient (Wildman–Crippen LogP) is 3.81. The average Bonchev–Trinajstić information content (AvgIpc) is 2.28. The van der Waals surface area contributed by atoms with Crippen LogP contribution in [0.4, 0.5) is 0 Å². The summed E-state index contributed by atoms with van der Waals surface area (Å²) in [6.45, 7) is 5.50. The van der Waals surface area contributed by atoms with E-state index in [2.05, 4.69) is 4.99 Å². The van der Waals surface area contributed by atoms with Gasteiger partial charge in [-0.3, -0.25) is 4.99 Å². The molecule has 0 spiro atoms. The molecule has 1 aromatic carbocycles. The van der Waals surface area contributed by atoms with Gasteiger partial charge in [-0.2, -0.15) is 0 Å². The van der Waals surface area contributed by atoms with Gasteiger partial charge in [0.2, 0.25) is 0 Å². The van der Waals surface area contributed by atoms with Crippen molar-refractivity contribution in [3.63, 3.8) is 0 Å². The van der Waals surface area contributed by atoms with Crippen LogP contribution in [0.5, 0.6) is 0 Å². The predicted molar refractivity (Wildman–Crippen MR) is 76.0 cm³/mol. The molecular formula is C13H17Cl2NO2. The summed E-state index contributed by atoms with van der Waals surface area (Å²) in [6.07, 6.45) is 1.41. The third-order valence-corrected chi connectivity index (χ3v) is 2.52. The molecule has 100 valence electrons. The van der Waals surface area contributed by atoms with Crippen LogP contribution in [-0.2, 0) is 9.47 Å². The van der Waals surface area contributed by atoms with Crippen molar-refractivity contribution in [1.29, 1.82) is 0 Å². The zero-order valence-corrected chi connectivity index (χ0v) is 12.0. The molecule has 0 fully saturated rings. The molecule has 1 aromatic rings. The van der Waals surface area contributed by atoms with Crippen LogP contribution in [0, 0.1) is 0 Å². The van der Waals surface area contributed by atoms with Crippen molar-refractivity contribution in [3.8, 4) is 0 Å². The minimum absolute atomic E-state index is 0.300. The van der Waals surface area contributed by atoms with Crippen molar-refractivity contribution in [2.75, 3.05) is 19.8 Å². The number of hydrogen-bond donors (Lipinski definition) is 0. The summed E-state index contributed by atoms with van der Waals surface area (Å²) in [6, 6.07) is 5.28. The zero-order chi connectivity index (χ0) is 13.4. The van der Waals surface area contributed by atoms with Crippen molar-refractivity contribution in [2.45, 2.75) is 20.1 Å². The monoisotopic (exact) mass is 289 g/mol. The molecule has 0 aliphatic carbocycles. The van der Waals surface area contributed by atoms with Crippen molar-refractivity contribution in [3.05, 3.63) is 33.8 Å². The Morgan fingerprint density at radius 2 is 1.67 bits per heavy atom. The first-order valence-corrected chi connectivity index (χ1v) is 6.60. The normalized spacial score (nSPS) is 11.6. The highest BCUT2D eigenvalue weighted by atomic mass is 35.5. The molecule has 0 aromatic heterocycles. The average molecular weight is 290 g/mol. The molecule has 0 aliphatic rings. The van der Waals surface area contributed by atoms with E-state index in [0.717, 1.165) is 5.56 Å². The van der Waals surface area contributed by atoms with Gasteiger partial charge in [0.25, 0.3) is 0 Å². The van der Waals surface area contributed by atoms with Gasteiger partial charge in [0.15, 0.2) is 6.29 Å². The SMILES string of the molecule is CCOC(C/N=C/c1cc(Cl)cc(Cl)c1)OCC. The van der Waals surface area contributed by atoms with Crippen molar-refractivity contribution in [1.82, 2.24) is 0 Å². The van der Waals surface area contributed by atoms with Crippen LogP contribution >= 0.6 is 23.2 Å². The maximum absolute atomic E-state index is 5.90. The van der Waals surface area contributed by atoms with Crippen molar-refractivity contribution < 1.29 is 9.47 Å². The first kappa shape index (κ1) is 15.4. The molecule has 0 heterocycles. The van der Waals surface area contributed by atoms with Crippen LogP contribution in [0.1, 0.15) is 19.4 Å². The van der Waals surface area contributed by atoms with E-state index >= 15 is 0 Å². The van der Waals surface area contributed by atoms with E-state index in [1.165, 1.54) is 0 Å². The van der Waals surface area contributed by atoms with Gasteiger partial charge < -0.3 is 9.47 Å². The van der Waals surface area contributed by atoms with Gasteiger partial charge in [0.05, 0.1) is 6.54 Å². The molecule has 0 aliphatic heterocycles. The number of ether oxygens (including phenoxy) is 2. The van der Waals surface area contributed by atoms with Crippen molar-refractivity contribution >= 4 is 29.4 Å². The third kappa shape index (κ3) is 5.83. The van der Waals surface area contributed by atoms with Gasteiger partial charge in [-0.1, -0.05) is 23.2 Å². The quantitative estimate of drug-likeness (QED) is 0.564. The minimum Gasteiger partial charge on any atom is -0.351 e. The molecular weight excluding hydrogens is 273 g/mol. The molecule has 0 bridgehead atoms. The number of halogens is 2. The van der Waals surface area contributed by atoms with Gasteiger partial charge >= 0.3 is 0 Å². The molecule has 0 atom stereocenters. The fourth-order valence-corrected chi connectivity index (χ4v) is 1.96. The van der Waals surface area contributed by atoms with E-state index in [0.29, 0.717) is 29.8 Å². The van der Waals surface area contributed by atoms with E-state index in [1.54, 1.807) is 24.4 Å². The number of nitrogens with zero attached hydrogens (tertiary/aromatic N) is 1. The Morgan fingerprint density at radius 1 is 1.11 bits per heavy atom. The lowest BCUT2D eigenvalue weighted by molar-refractivity contribution is -0.128. The van der Waals surface area contributed by atoms with E-state index in [-0.39, 0.29) is 6.29 Å². The Balaban J connectivity index is 2.57. The van der Waals surface area contributed by atoms with Crippen LogP contribution in [0.2, 0.25) is 10.0 Å². The smallest absolute Gasteiger partial charge is 0.176 e. The lowest BCUT2D eigenvalue weighted by atomic mass is 10.2. The molecule has 1 rings (SSSR count). The fraction of sp³-hybridized carbons (Fsp3) is 0.462. The van der Waals surface area contributed by atoms with Gasteiger partial charge in [-0.05, 0) is 37.6 Å². The molecule has 0 radical (unpaired) electrons. The fourth-order valence-electron chi connectivity index (χ4n) is 1.42. The molecule has 18 heavy (non-hydrogen) atoms. The maximum atomic E-state index is 5.90. The Labute approximate surface area is 118 Å². The Morgan fingerprint density at radius 3 is 2.17 bits per heavy atom. The van der Waals surface area contributed by atoms with Crippen molar-refractivity contribution in [2.24, 2.45) is 4.99 Å². The Kier molecular flexibility index (Phi) is 7.28. The number of hydrogen-bond acceptors (Lipinski definition) is 3. The second-order valence-corrected chi connectivity index (χ2v) is 4.41. The summed E-state index contributed by atoms with van der Waals surface area (Å²) in [5.41, 5.74) is 0.860. The largest absolute Gasteiger partial charge is 0.351 e. The number of rotatable bonds is 7. The Bertz CT molecular complexity index is 370. The Hall–Kier alpha value is -0.610. The van der Waals surface area contributed by atoms with E-state index < -0.39 is 0 Å². The van der Waals surface area contributed by atoms with Gasteiger partial charge in [-0.15, -0.1) is 0 Å². The summed E-state index contributed by atoms with van der Waals surface area (Å²) in [5.74, 6) is 0. The summed E-state index contributed by atoms with van der Waals surface area (Å²) >= 11 is 11.8. The van der Waals surface area contributed by atoms with Crippen LogP contribution in [0.15, 0.2) is 23.2 Å². The van der Waals surface area contributed by atoms with E-state index in [9.17, 15) is 0 Å². The van der Waals surface area contributed by atoms with Gasteiger partial charge in [-0.25, -0.2) is 0 Å². The molecule has 5 heteroatoms. The molecule has 3 nitrogen and oxygen atoms in total. The van der Waals surface area contributed by atoms with Crippen LogP contribution in [-0.4, -0.2) is 32.3 Å². The summed E-state index contributed by atoms with van der Waals surface area (Å²) in [7, 11) is 0. The van der Waals surface area contributed by atoms with Gasteiger partial charge in [0.1, 0.15) is 0 Å². The molecule has 0 unspecified atom stereocenters. The summed E-state index contributed by atoms with van der Waals surface area (Å²) in [5, 5.41) is 1.19. The summed E-state index contributed by atoms with van der Waals surface area (Å²) in [4.78, 5) is 4.27. The summed E-state index contributed by atoms with van der Waals surface area (Å²) < 4.78 is 10.8. The molecule has 0 saturated carbocycles. The topological polar surface area (TPSA) is 30.8 Å². The second kappa shape index (κ2) is 8.48. The molecule has 0 N–H and O–H groups in total. The first-order valence-electron chi connectivity index (χ1n) is 5.84. The zero-order valence-electron chi connectivity index (χ0n) is 10.5. The standard InChI is InChI=1S/C13H17Cl2NO2/c1-3-17-13(18-4-2)9-16-8-10-5-11(14)7-12(15)6-10/h5-8,13H,3-4,9H2,1-2H3/b16-8+. The first-order chi connectivity index (χ1) is 8.65. The minimum atomic E-state index is -0.300. The highest BCUT2D eigenvalue weighted by Crippen LogP contribution is 2.17. The lowest BCUT2D eigenvalue weighted by Crippen LogP contribution is -2.20. The third-order valence-electron chi connectivity index (χ3n) is 2.08. The van der Waals surface area contributed by atoms with Crippen LogP contribution in [0.25, 0.3) is 0 Å². The van der Waals surface area contributed by atoms with Crippen LogP contribution < -0.4 is 0 Å². The number of benzene rings is 1. The van der Waals surface area contributed by atoms with E-state index in [1.807, 2.05) is 13.8 Å². The molecule has 0 saturated heterocycles. The van der Waals surface area contributed by atoms with E-state index in [4.69, 9.17) is 32.7 Å². The highest BCUT2D eigenvalue weighted by molar-refractivity contribution is 6.35. The second-order valence-electron chi connectivity index (χ2n) is 3.54. The number of aliphatic imine (C=N–C) groups is 1.